The first-order valence-corrected chi connectivity index (χ1v) is 11.6. The lowest BCUT2D eigenvalue weighted by atomic mass is 9.97. The van der Waals surface area contributed by atoms with Crippen molar-refractivity contribution < 1.29 is 27.2 Å². The van der Waals surface area contributed by atoms with Gasteiger partial charge in [0.2, 0.25) is 10.0 Å². The fraction of sp³-hybridized carbons (Fsp3) is 0.364. The fourth-order valence-corrected chi connectivity index (χ4v) is 5.24. The Labute approximate surface area is 187 Å². The Morgan fingerprint density at radius 3 is 2.41 bits per heavy atom. The van der Waals surface area contributed by atoms with E-state index in [0.29, 0.717) is 54.9 Å². The van der Waals surface area contributed by atoms with Crippen LogP contribution in [0.4, 0.5) is 0 Å². The van der Waals surface area contributed by atoms with Crippen LogP contribution in [-0.4, -0.2) is 57.3 Å². The highest BCUT2D eigenvalue weighted by Crippen LogP contribution is 2.34. The Balaban J connectivity index is 1.46. The van der Waals surface area contributed by atoms with Crippen molar-refractivity contribution in [1.29, 1.82) is 0 Å². The van der Waals surface area contributed by atoms with Crippen LogP contribution < -0.4 is 14.2 Å². The Kier molecular flexibility index (Phi) is 6.33. The lowest BCUT2D eigenvalue weighted by Crippen LogP contribution is -2.38. The van der Waals surface area contributed by atoms with E-state index >= 15 is 0 Å². The predicted octanol–water partition coefficient (Wildman–Crippen LogP) is 3.33. The second-order valence-corrected chi connectivity index (χ2v) is 9.32. The lowest BCUT2D eigenvalue weighted by molar-refractivity contribution is 0.306. The molecule has 10 heteroatoms. The zero-order valence-electron chi connectivity index (χ0n) is 18.1. The van der Waals surface area contributed by atoms with Gasteiger partial charge in [0.1, 0.15) is 5.75 Å². The molecule has 1 saturated heterocycles. The molecule has 0 saturated carbocycles. The van der Waals surface area contributed by atoms with Crippen molar-refractivity contribution in [2.75, 3.05) is 34.4 Å². The molecule has 0 atom stereocenters. The van der Waals surface area contributed by atoms with Crippen LogP contribution >= 0.6 is 0 Å². The van der Waals surface area contributed by atoms with Crippen LogP contribution in [0.3, 0.4) is 0 Å². The van der Waals surface area contributed by atoms with Crippen LogP contribution in [0.1, 0.15) is 24.6 Å². The zero-order chi connectivity index (χ0) is 22.7. The SMILES string of the molecule is COc1cccc(-c2nc(C3CCN(S(=O)(=O)c4ccc(OC)c(OC)c4)CC3)no2)c1. The van der Waals surface area contributed by atoms with Crippen molar-refractivity contribution in [3.63, 3.8) is 0 Å². The average molecular weight is 460 g/mol. The third-order valence-electron chi connectivity index (χ3n) is 5.57. The summed E-state index contributed by atoms with van der Waals surface area (Å²) in [5.74, 6) is 2.59. The van der Waals surface area contributed by atoms with E-state index in [1.54, 1.807) is 13.2 Å². The first-order valence-electron chi connectivity index (χ1n) is 10.2. The lowest BCUT2D eigenvalue weighted by Gasteiger charge is -2.29. The molecule has 170 valence electrons. The summed E-state index contributed by atoms with van der Waals surface area (Å²) in [6, 6.07) is 12.0. The molecule has 32 heavy (non-hydrogen) atoms. The van der Waals surface area contributed by atoms with Crippen LogP contribution in [0, 0.1) is 0 Å². The number of rotatable bonds is 7. The van der Waals surface area contributed by atoms with Crippen molar-refractivity contribution in [3.8, 4) is 28.7 Å². The van der Waals surface area contributed by atoms with Crippen LogP contribution in [0.2, 0.25) is 0 Å². The average Bonchev–Trinajstić information content (AvgIpc) is 3.34. The normalized spacial score (nSPS) is 15.5. The summed E-state index contributed by atoms with van der Waals surface area (Å²) < 4.78 is 48.8. The first-order chi connectivity index (χ1) is 15.5. The van der Waals surface area contributed by atoms with Crippen LogP contribution in [0.15, 0.2) is 51.9 Å². The molecule has 0 N–H and O–H groups in total. The molecule has 0 spiro atoms. The maximum Gasteiger partial charge on any atom is 0.258 e. The summed E-state index contributed by atoms with van der Waals surface area (Å²) >= 11 is 0. The molecular formula is C22H25N3O6S. The van der Waals surface area contributed by atoms with Gasteiger partial charge in [-0.1, -0.05) is 11.2 Å². The van der Waals surface area contributed by atoms with Gasteiger partial charge in [0.25, 0.3) is 5.89 Å². The first kappa shape index (κ1) is 22.1. The summed E-state index contributed by atoms with van der Waals surface area (Å²) in [4.78, 5) is 4.71. The molecule has 0 bridgehead atoms. The minimum atomic E-state index is -3.65. The van der Waals surface area contributed by atoms with Crippen molar-refractivity contribution in [1.82, 2.24) is 14.4 Å². The largest absolute Gasteiger partial charge is 0.497 e. The van der Waals surface area contributed by atoms with E-state index in [2.05, 4.69) is 10.1 Å². The quantitative estimate of drug-likeness (QED) is 0.530. The summed E-state index contributed by atoms with van der Waals surface area (Å²) in [6.07, 6.45) is 1.20. The molecule has 1 aromatic heterocycles. The van der Waals surface area contributed by atoms with Gasteiger partial charge >= 0.3 is 0 Å². The van der Waals surface area contributed by atoms with Gasteiger partial charge in [0.15, 0.2) is 17.3 Å². The third-order valence-corrected chi connectivity index (χ3v) is 7.46. The number of methoxy groups -OCH3 is 3. The second kappa shape index (κ2) is 9.17. The van der Waals surface area contributed by atoms with Gasteiger partial charge in [0, 0.05) is 30.6 Å². The van der Waals surface area contributed by atoms with Crippen molar-refractivity contribution in [2.24, 2.45) is 0 Å². The number of piperidine rings is 1. The van der Waals surface area contributed by atoms with E-state index in [9.17, 15) is 8.42 Å². The highest BCUT2D eigenvalue weighted by Gasteiger charge is 2.32. The predicted molar refractivity (Wildman–Crippen MR) is 117 cm³/mol. The van der Waals surface area contributed by atoms with Crippen LogP contribution in [0.25, 0.3) is 11.5 Å². The molecule has 3 aromatic rings. The Morgan fingerprint density at radius 1 is 0.969 bits per heavy atom. The van der Waals surface area contributed by atoms with E-state index < -0.39 is 10.0 Å². The van der Waals surface area contributed by atoms with Gasteiger partial charge in [-0.3, -0.25) is 0 Å². The Morgan fingerprint density at radius 2 is 1.72 bits per heavy atom. The summed E-state index contributed by atoms with van der Waals surface area (Å²) in [5, 5.41) is 4.13. The highest BCUT2D eigenvalue weighted by atomic mass is 32.2. The second-order valence-electron chi connectivity index (χ2n) is 7.38. The summed E-state index contributed by atoms with van der Waals surface area (Å²) in [5.41, 5.74) is 0.775. The summed E-state index contributed by atoms with van der Waals surface area (Å²) in [7, 11) is 0.933. The molecule has 0 aliphatic carbocycles. The van der Waals surface area contributed by atoms with Gasteiger partial charge in [-0.05, 0) is 43.2 Å². The highest BCUT2D eigenvalue weighted by molar-refractivity contribution is 7.89. The number of benzene rings is 2. The fourth-order valence-electron chi connectivity index (χ4n) is 3.75. The zero-order valence-corrected chi connectivity index (χ0v) is 19.0. The van der Waals surface area contributed by atoms with E-state index in [0.717, 1.165) is 5.56 Å². The third kappa shape index (κ3) is 4.28. The number of hydrogen-bond donors (Lipinski definition) is 0. The van der Waals surface area contributed by atoms with Gasteiger partial charge in [-0.25, -0.2) is 8.42 Å². The number of sulfonamides is 1. The van der Waals surface area contributed by atoms with Gasteiger partial charge in [-0.2, -0.15) is 9.29 Å². The number of aromatic nitrogens is 2. The topological polar surface area (TPSA) is 104 Å². The summed E-state index contributed by atoms with van der Waals surface area (Å²) in [6.45, 7) is 0.731. The molecular weight excluding hydrogens is 434 g/mol. The monoisotopic (exact) mass is 459 g/mol. The van der Waals surface area contributed by atoms with Crippen molar-refractivity contribution >= 4 is 10.0 Å². The number of nitrogens with zero attached hydrogens (tertiary/aromatic N) is 3. The van der Waals surface area contributed by atoms with Crippen molar-refractivity contribution in [3.05, 3.63) is 48.3 Å². The molecule has 0 unspecified atom stereocenters. The molecule has 0 amide bonds. The van der Waals surface area contributed by atoms with E-state index in [1.807, 2.05) is 24.3 Å². The minimum absolute atomic E-state index is 0.0231. The number of hydrogen-bond acceptors (Lipinski definition) is 8. The minimum Gasteiger partial charge on any atom is -0.497 e. The Bertz CT molecular complexity index is 1190. The molecule has 1 aliphatic rings. The van der Waals surface area contributed by atoms with Crippen LogP contribution in [0.5, 0.6) is 17.2 Å². The molecule has 1 aliphatic heterocycles. The van der Waals surface area contributed by atoms with Gasteiger partial charge in [0.05, 0.1) is 26.2 Å². The molecule has 1 fully saturated rings. The molecule has 4 rings (SSSR count). The molecule has 2 heterocycles. The molecule has 2 aromatic carbocycles. The van der Waals surface area contributed by atoms with E-state index in [1.165, 1.54) is 30.7 Å². The van der Waals surface area contributed by atoms with Crippen molar-refractivity contribution in [2.45, 2.75) is 23.7 Å². The smallest absolute Gasteiger partial charge is 0.258 e. The maximum absolute atomic E-state index is 13.1. The standard InChI is InChI=1S/C22H25N3O6S/c1-28-17-6-4-5-16(13-17)22-23-21(24-31-22)15-9-11-25(12-10-15)32(26,27)18-7-8-19(29-2)20(14-18)30-3/h4-8,13-15H,9-12H2,1-3H3. The van der Waals surface area contributed by atoms with Gasteiger partial charge < -0.3 is 18.7 Å². The van der Waals surface area contributed by atoms with E-state index in [-0.39, 0.29) is 10.8 Å². The molecule has 9 nitrogen and oxygen atoms in total. The number of ether oxygens (including phenoxy) is 3. The Hall–Kier alpha value is -3.11. The molecule has 0 radical (unpaired) electrons. The van der Waals surface area contributed by atoms with Gasteiger partial charge in [-0.15, -0.1) is 0 Å². The van der Waals surface area contributed by atoms with E-state index in [4.69, 9.17) is 18.7 Å². The maximum atomic E-state index is 13.1. The van der Waals surface area contributed by atoms with Crippen LogP contribution in [-0.2, 0) is 10.0 Å².